The summed E-state index contributed by atoms with van der Waals surface area (Å²) in [6, 6.07) is 6.42. The summed E-state index contributed by atoms with van der Waals surface area (Å²) < 4.78 is 27.0. The van der Waals surface area contributed by atoms with Crippen LogP contribution in [0.2, 0.25) is 0 Å². The van der Waals surface area contributed by atoms with Gasteiger partial charge in [-0.1, -0.05) is 25.0 Å². The number of nitrogens with one attached hydrogen (secondary N) is 1. The molecule has 6 heteroatoms. The van der Waals surface area contributed by atoms with E-state index in [1.807, 2.05) is 0 Å². The van der Waals surface area contributed by atoms with Gasteiger partial charge in [-0.05, 0) is 42.9 Å². The van der Waals surface area contributed by atoms with E-state index in [1.54, 1.807) is 12.1 Å². The van der Waals surface area contributed by atoms with Crippen LogP contribution in [0.4, 0.5) is 0 Å². The summed E-state index contributed by atoms with van der Waals surface area (Å²) in [5.74, 6) is -0.403. The topological polar surface area (TPSA) is 83.5 Å². The molecule has 1 aromatic rings. The second kappa shape index (κ2) is 7.04. The number of benzene rings is 1. The highest BCUT2D eigenvalue weighted by atomic mass is 32.2. The summed E-state index contributed by atoms with van der Waals surface area (Å²) in [7, 11) is -3.46. The first-order valence-corrected chi connectivity index (χ1v) is 8.76. The molecule has 0 bridgehead atoms. The lowest BCUT2D eigenvalue weighted by molar-refractivity contribution is -0.136. The molecule has 1 aliphatic carbocycles. The number of hydrogen-bond donors (Lipinski definition) is 2. The largest absolute Gasteiger partial charge is 0.481 e. The van der Waals surface area contributed by atoms with E-state index in [2.05, 4.69) is 4.72 Å². The second-order valence-corrected chi connectivity index (χ2v) is 7.31. The fraction of sp³-hybridized carbons (Fsp3) is 0.533. The quantitative estimate of drug-likeness (QED) is 0.808. The Morgan fingerprint density at radius 3 is 2.38 bits per heavy atom. The number of carboxylic acid groups (broad SMARTS) is 1. The molecule has 1 saturated carbocycles. The molecule has 5 nitrogen and oxygen atoms in total. The van der Waals surface area contributed by atoms with Gasteiger partial charge in [0.05, 0.1) is 4.90 Å². The first-order valence-electron chi connectivity index (χ1n) is 7.28. The number of aliphatic carboxylic acids is 1. The van der Waals surface area contributed by atoms with Crippen molar-refractivity contribution in [3.8, 4) is 0 Å². The Hall–Kier alpha value is -1.40. The highest BCUT2D eigenvalue weighted by molar-refractivity contribution is 7.89. The summed E-state index contributed by atoms with van der Waals surface area (Å²) in [6.45, 7) is 0.503. The number of sulfonamides is 1. The van der Waals surface area contributed by atoms with Crippen LogP contribution in [0.3, 0.4) is 0 Å². The zero-order chi connectivity index (χ0) is 15.3. The monoisotopic (exact) mass is 311 g/mol. The van der Waals surface area contributed by atoms with Gasteiger partial charge in [-0.2, -0.15) is 0 Å². The number of hydrogen-bond acceptors (Lipinski definition) is 3. The highest BCUT2D eigenvalue weighted by Crippen LogP contribution is 2.24. The van der Waals surface area contributed by atoms with Crippen LogP contribution in [-0.4, -0.2) is 26.0 Å². The van der Waals surface area contributed by atoms with Crippen LogP contribution in [0.5, 0.6) is 0 Å². The molecule has 0 saturated heterocycles. The van der Waals surface area contributed by atoms with Gasteiger partial charge in [-0.3, -0.25) is 4.79 Å². The Kier molecular flexibility index (Phi) is 5.36. The van der Waals surface area contributed by atoms with Crippen molar-refractivity contribution in [3.63, 3.8) is 0 Å². The minimum Gasteiger partial charge on any atom is -0.481 e. The molecular formula is C15H21NO4S. The Bertz CT molecular complexity index is 574. The Morgan fingerprint density at radius 2 is 1.81 bits per heavy atom. The van der Waals surface area contributed by atoms with E-state index < -0.39 is 16.0 Å². The molecule has 0 radical (unpaired) electrons. The molecule has 21 heavy (non-hydrogen) atoms. The molecular weight excluding hydrogens is 290 g/mol. The lowest BCUT2D eigenvalue weighted by Gasteiger charge is -2.11. The predicted molar refractivity (Wildman–Crippen MR) is 79.5 cm³/mol. The summed E-state index contributed by atoms with van der Waals surface area (Å²) in [5.41, 5.74) is 0.826. The van der Waals surface area contributed by atoms with Gasteiger partial charge in [0, 0.05) is 13.0 Å². The fourth-order valence-electron chi connectivity index (χ4n) is 2.61. The molecule has 2 N–H and O–H groups in total. The van der Waals surface area contributed by atoms with E-state index in [1.165, 1.54) is 25.0 Å². The SMILES string of the molecule is O=C(O)CCc1ccc(S(=O)(=O)NCC2CCCC2)cc1. The minimum atomic E-state index is -3.46. The Morgan fingerprint density at radius 1 is 1.19 bits per heavy atom. The van der Waals surface area contributed by atoms with Gasteiger partial charge >= 0.3 is 5.97 Å². The third-order valence-electron chi connectivity index (χ3n) is 3.90. The van der Waals surface area contributed by atoms with Crippen molar-refractivity contribution in [2.24, 2.45) is 5.92 Å². The van der Waals surface area contributed by atoms with E-state index in [0.29, 0.717) is 18.9 Å². The fourth-order valence-corrected chi connectivity index (χ4v) is 3.73. The van der Waals surface area contributed by atoms with E-state index in [9.17, 15) is 13.2 Å². The van der Waals surface area contributed by atoms with Crippen LogP contribution < -0.4 is 4.72 Å². The lowest BCUT2D eigenvalue weighted by atomic mass is 10.1. The molecule has 1 aromatic carbocycles. The molecule has 1 aliphatic rings. The van der Waals surface area contributed by atoms with Gasteiger partial charge in [-0.25, -0.2) is 13.1 Å². The third kappa shape index (κ3) is 4.82. The number of rotatable bonds is 7. The van der Waals surface area contributed by atoms with E-state index in [0.717, 1.165) is 18.4 Å². The van der Waals surface area contributed by atoms with Crippen LogP contribution in [0.15, 0.2) is 29.2 Å². The van der Waals surface area contributed by atoms with E-state index >= 15 is 0 Å². The summed E-state index contributed by atoms with van der Waals surface area (Å²) >= 11 is 0. The standard InChI is InChI=1S/C15H21NO4S/c17-15(18)10-7-12-5-8-14(9-6-12)21(19,20)16-11-13-3-1-2-4-13/h5-6,8-9,13,16H,1-4,7,10-11H2,(H,17,18). The average Bonchev–Trinajstić information content (AvgIpc) is 2.97. The van der Waals surface area contributed by atoms with Crippen LogP contribution >= 0.6 is 0 Å². The number of aryl methyl sites for hydroxylation is 1. The summed E-state index contributed by atoms with van der Waals surface area (Å²) in [6.07, 6.45) is 5.01. The molecule has 0 spiro atoms. The van der Waals surface area contributed by atoms with Crippen molar-refractivity contribution >= 4 is 16.0 Å². The van der Waals surface area contributed by atoms with Crippen molar-refractivity contribution in [1.29, 1.82) is 0 Å². The highest BCUT2D eigenvalue weighted by Gasteiger charge is 2.19. The molecule has 0 amide bonds. The van der Waals surface area contributed by atoms with Crippen molar-refractivity contribution in [3.05, 3.63) is 29.8 Å². The first kappa shape index (κ1) is 16.0. The van der Waals surface area contributed by atoms with Crippen LogP contribution in [0.25, 0.3) is 0 Å². The normalized spacial score (nSPS) is 16.2. The molecule has 0 aromatic heterocycles. The molecule has 116 valence electrons. The van der Waals surface area contributed by atoms with Crippen LogP contribution in [-0.2, 0) is 21.2 Å². The van der Waals surface area contributed by atoms with Gasteiger partial charge in [-0.15, -0.1) is 0 Å². The molecule has 2 rings (SSSR count). The van der Waals surface area contributed by atoms with Gasteiger partial charge in [0.1, 0.15) is 0 Å². The van der Waals surface area contributed by atoms with E-state index in [-0.39, 0.29) is 11.3 Å². The number of carbonyl (C=O) groups is 1. The predicted octanol–water partition coefficient (Wildman–Crippen LogP) is 2.17. The Balaban J connectivity index is 1.94. The van der Waals surface area contributed by atoms with Crippen molar-refractivity contribution < 1.29 is 18.3 Å². The smallest absolute Gasteiger partial charge is 0.303 e. The van der Waals surface area contributed by atoms with Crippen molar-refractivity contribution in [2.75, 3.05) is 6.54 Å². The molecule has 0 aliphatic heterocycles. The lowest BCUT2D eigenvalue weighted by Crippen LogP contribution is -2.28. The molecule has 0 atom stereocenters. The van der Waals surface area contributed by atoms with E-state index in [4.69, 9.17) is 5.11 Å². The van der Waals surface area contributed by atoms with Gasteiger partial charge in [0.25, 0.3) is 0 Å². The third-order valence-corrected chi connectivity index (χ3v) is 5.34. The van der Waals surface area contributed by atoms with Crippen molar-refractivity contribution in [1.82, 2.24) is 4.72 Å². The summed E-state index contributed by atoms with van der Waals surface area (Å²) in [4.78, 5) is 10.7. The Labute approximate surface area is 125 Å². The zero-order valence-electron chi connectivity index (χ0n) is 11.9. The first-order chi connectivity index (χ1) is 9.97. The summed E-state index contributed by atoms with van der Waals surface area (Å²) in [5, 5.41) is 8.63. The molecule has 1 fully saturated rings. The van der Waals surface area contributed by atoms with Crippen molar-refractivity contribution in [2.45, 2.75) is 43.4 Å². The maximum absolute atomic E-state index is 12.2. The maximum atomic E-state index is 12.2. The van der Waals surface area contributed by atoms with Gasteiger partial charge in [0.15, 0.2) is 0 Å². The average molecular weight is 311 g/mol. The zero-order valence-corrected chi connectivity index (χ0v) is 12.7. The maximum Gasteiger partial charge on any atom is 0.303 e. The molecule has 0 heterocycles. The molecule has 0 unspecified atom stereocenters. The number of carboxylic acids is 1. The van der Waals surface area contributed by atoms with Gasteiger partial charge < -0.3 is 5.11 Å². The second-order valence-electron chi connectivity index (χ2n) is 5.54. The van der Waals surface area contributed by atoms with Crippen LogP contribution in [0, 0.1) is 5.92 Å². The van der Waals surface area contributed by atoms with Crippen LogP contribution in [0.1, 0.15) is 37.7 Å². The van der Waals surface area contributed by atoms with Gasteiger partial charge in [0.2, 0.25) is 10.0 Å². The minimum absolute atomic E-state index is 0.0476.